The molecule has 53 heavy (non-hydrogen) atoms. The molecule has 4 atom stereocenters. The quantitative estimate of drug-likeness (QED) is 0.0822. The smallest absolute Gasteiger partial charge is 0.573 e. The largest absolute Gasteiger partial charge is 2.00 e. The zero-order valence-electron chi connectivity index (χ0n) is 31.5. The van der Waals surface area contributed by atoms with Gasteiger partial charge in [0.1, 0.15) is 15.9 Å². The van der Waals surface area contributed by atoms with E-state index >= 15 is 0 Å². The summed E-state index contributed by atoms with van der Waals surface area (Å²) in [4.78, 5) is 7.50. The summed E-state index contributed by atoms with van der Waals surface area (Å²) in [7, 11) is -1.60. The summed E-state index contributed by atoms with van der Waals surface area (Å²) < 4.78 is 0. The van der Waals surface area contributed by atoms with Gasteiger partial charge in [-0.3, -0.25) is 0 Å². The zero-order valence-corrected chi connectivity index (χ0v) is 35.2. The van der Waals surface area contributed by atoms with Crippen molar-refractivity contribution in [2.75, 3.05) is 6.16 Å². The van der Waals surface area contributed by atoms with Crippen LogP contribution in [0.5, 0.6) is 0 Å². The van der Waals surface area contributed by atoms with Gasteiger partial charge in [-0.25, -0.2) is 0 Å². The molecule has 3 saturated carbocycles. The van der Waals surface area contributed by atoms with Gasteiger partial charge in [0.25, 0.3) is 0 Å². The predicted octanol–water partition coefficient (Wildman–Crippen LogP) is 10.5. The van der Waals surface area contributed by atoms with E-state index < -0.39 is 15.8 Å². The van der Waals surface area contributed by atoms with Crippen LogP contribution in [0.15, 0.2) is 152 Å². The van der Waals surface area contributed by atoms with Crippen LogP contribution in [0.3, 0.4) is 0 Å². The molecule has 4 heteroatoms. The SMILES string of the molecule is [C-]=O.[CH3-].[Rh+2].c1ccc([PH+](C[C@H](C2CCCCC2)C2CCC3CCCCC32)c2ccccc2)cc1.c1ccc([PH+](c2ccccc2)c2ccccc2)cc1. The van der Waals surface area contributed by atoms with Crippen LogP contribution in [0.2, 0.25) is 0 Å². The molecule has 0 aliphatic heterocycles. The van der Waals surface area contributed by atoms with Crippen LogP contribution in [0.4, 0.5) is 0 Å². The van der Waals surface area contributed by atoms with Crippen LogP contribution in [0, 0.1) is 37.0 Å². The summed E-state index contributed by atoms with van der Waals surface area (Å²) in [5, 5.41) is 7.57. The molecule has 3 aliphatic carbocycles. The molecule has 3 fully saturated rings. The standard InChI is InChI=1S/C29H39P.C18H15P.CO.CH3.Rh/c1-4-12-23(13-5-1)29(28-21-20-24-14-10-11-19-27(24)28)22-30(25-15-6-2-7-16-25)26-17-8-3-9-18-26;1-4-10-16(11-5-1)19(17-12-6-2-7-13-17)18-14-8-3-9-15-18;1-2;;/h2-3,6-9,15-18,23-24,27-29H,1,4-5,10-14,19-22H2;1-15H;;1H3;/q;;2*-1;+2/p+2/t24?,27?,28?,29-;;;;/m1..../s1. The van der Waals surface area contributed by atoms with Crippen molar-refractivity contribution in [2.45, 2.75) is 70.6 Å². The molecular weight excluding hydrogens is 769 g/mol. The number of benzene rings is 5. The molecule has 3 aliphatic rings. The van der Waals surface area contributed by atoms with Crippen molar-refractivity contribution >= 4 is 49.2 Å². The van der Waals surface area contributed by atoms with Crippen molar-refractivity contribution in [1.29, 1.82) is 0 Å². The number of hydrogen-bond donors (Lipinski definition) is 0. The van der Waals surface area contributed by atoms with Crippen LogP contribution >= 0.6 is 15.8 Å². The molecule has 8 rings (SSSR count). The summed E-state index contributed by atoms with van der Waals surface area (Å²) in [6.45, 7) is 4.50. The Labute approximate surface area is 337 Å². The minimum absolute atomic E-state index is 0. The van der Waals surface area contributed by atoms with Gasteiger partial charge < -0.3 is 19.0 Å². The van der Waals surface area contributed by atoms with Gasteiger partial charge >= 0.3 is 19.5 Å². The van der Waals surface area contributed by atoms with Gasteiger partial charge in [-0.2, -0.15) is 0 Å². The summed E-state index contributed by atoms with van der Waals surface area (Å²) >= 11 is 0. The number of hydrogen-bond acceptors (Lipinski definition) is 1. The van der Waals surface area contributed by atoms with Crippen molar-refractivity contribution in [3.63, 3.8) is 0 Å². The van der Waals surface area contributed by atoms with Gasteiger partial charge in [0.05, 0.1) is 32.6 Å². The van der Waals surface area contributed by atoms with Gasteiger partial charge in [-0.15, -0.1) is 0 Å². The average molecular weight is 829 g/mol. The second-order valence-electron chi connectivity index (χ2n) is 14.9. The second-order valence-corrected chi connectivity index (χ2v) is 19.9. The maximum atomic E-state index is 7.50. The Bertz CT molecular complexity index is 1530. The van der Waals surface area contributed by atoms with Gasteiger partial charge in [0.2, 0.25) is 0 Å². The Hall–Kier alpha value is -2.75. The number of fused-ring (bicyclic) bond motifs is 1. The van der Waals surface area contributed by atoms with E-state index in [0.717, 1.165) is 29.6 Å². The fourth-order valence-electron chi connectivity index (χ4n) is 9.77. The zero-order chi connectivity index (χ0) is 35.1. The predicted molar refractivity (Wildman–Crippen MR) is 232 cm³/mol. The van der Waals surface area contributed by atoms with Gasteiger partial charge in [0.15, 0.2) is 0 Å². The third-order valence-corrected chi connectivity index (χ3v) is 17.7. The van der Waals surface area contributed by atoms with E-state index in [1.807, 2.05) is 0 Å². The van der Waals surface area contributed by atoms with E-state index in [2.05, 4.69) is 158 Å². The second kappa shape index (κ2) is 23.2. The van der Waals surface area contributed by atoms with Crippen molar-refractivity contribution in [3.05, 3.63) is 159 Å². The van der Waals surface area contributed by atoms with E-state index in [1.54, 1.807) is 10.6 Å². The van der Waals surface area contributed by atoms with Crippen LogP contribution in [-0.2, 0) is 24.3 Å². The average Bonchev–Trinajstić information content (AvgIpc) is 3.66. The third-order valence-electron chi connectivity index (χ3n) is 12.1. The van der Waals surface area contributed by atoms with Crippen molar-refractivity contribution in [1.82, 2.24) is 0 Å². The van der Waals surface area contributed by atoms with Crippen molar-refractivity contribution in [3.8, 4) is 0 Å². The van der Waals surface area contributed by atoms with Gasteiger partial charge in [0, 0.05) is 0 Å². The molecule has 0 aromatic heterocycles. The Morgan fingerprint density at radius 3 is 1.28 bits per heavy atom. The monoisotopic (exact) mass is 828 g/mol. The number of rotatable bonds is 9. The molecule has 0 N–H and O–H groups in total. The summed E-state index contributed by atoms with van der Waals surface area (Å²) in [6.07, 6.45) is 18.1. The topological polar surface area (TPSA) is 17.1 Å². The Morgan fingerprint density at radius 2 is 0.849 bits per heavy atom. The Balaban J connectivity index is 0.000000237. The Morgan fingerprint density at radius 1 is 0.472 bits per heavy atom. The van der Waals surface area contributed by atoms with E-state index in [4.69, 9.17) is 4.79 Å². The van der Waals surface area contributed by atoms with Crippen LogP contribution in [-0.4, -0.2) is 13.0 Å². The van der Waals surface area contributed by atoms with E-state index in [1.165, 1.54) is 92.7 Å². The third kappa shape index (κ3) is 11.6. The fraction of sp³-hybridized carbons (Fsp3) is 0.347. The molecule has 0 spiro atoms. The van der Waals surface area contributed by atoms with Crippen LogP contribution in [0.1, 0.15) is 70.6 Å². The first-order valence-electron chi connectivity index (χ1n) is 19.6. The first-order valence-corrected chi connectivity index (χ1v) is 22.8. The van der Waals surface area contributed by atoms with Gasteiger partial charge in [-0.05, 0) is 110 Å². The molecule has 0 saturated heterocycles. The van der Waals surface area contributed by atoms with E-state index in [0.29, 0.717) is 0 Å². The van der Waals surface area contributed by atoms with Crippen LogP contribution < -0.4 is 26.5 Å². The molecule has 0 heterocycles. The molecule has 2 radical (unpaired) electrons. The van der Waals surface area contributed by atoms with E-state index in [9.17, 15) is 0 Å². The molecule has 5 aromatic rings. The molecule has 1 nitrogen and oxygen atoms in total. The summed E-state index contributed by atoms with van der Waals surface area (Å²) in [6, 6.07) is 55.7. The minimum atomic E-state index is -0.877. The Kier molecular flexibility index (Phi) is 18.8. The fourth-order valence-corrected chi connectivity index (χ4v) is 15.5. The van der Waals surface area contributed by atoms with E-state index in [-0.39, 0.29) is 26.9 Å². The molecule has 3 unspecified atom stereocenters. The van der Waals surface area contributed by atoms with Crippen molar-refractivity contribution < 1.29 is 24.3 Å². The first-order chi connectivity index (χ1) is 25.3. The molecule has 0 amide bonds. The summed E-state index contributed by atoms with van der Waals surface area (Å²) in [5.74, 6) is 5.11. The molecule has 0 bridgehead atoms. The molecular formula is C49H59OP2Rh+2. The van der Waals surface area contributed by atoms with Gasteiger partial charge in [-0.1, -0.05) is 142 Å². The maximum absolute atomic E-state index is 7.50. The van der Waals surface area contributed by atoms with Crippen molar-refractivity contribution in [2.24, 2.45) is 29.6 Å². The summed E-state index contributed by atoms with van der Waals surface area (Å²) in [5.41, 5.74) is 0. The normalized spacial score (nSPS) is 19.9. The molecule has 5 aromatic carbocycles. The first kappa shape index (κ1) is 43.0. The maximum Gasteiger partial charge on any atom is 2.00 e. The minimum Gasteiger partial charge on any atom is -0.573 e. The van der Waals surface area contributed by atoms with Crippen LogP contribution in [0.25, 0.3) is 0 Å². The number of carbonyl (C=O) groups excluding carboxylic acids is 1. The molecule has 278 valence electrons.